The minimum Gasteiger partial charge on any atom is -0.507 e. The van der Waals surface area contributed by atoms with Gasteiger partial charge in [0, 0.05) is 17.5 Å². The molecule has 0 saturated carbocycles. The van der Waals surface area contributed by atoms with E-state index in [1.807, 2.05) is 0 Å². The molecule has 0 fully saturated rings. The first-order chi connectivity index (χ1) is 13.6. The van der Waals surface area contributed by atoms with E-state index in [9.17, 15) is 29.7 Å². The summed E-state index contributed by atoms with van der Waals surface area (Å²) in [6.07, 6.45) is 4.59. The number of benzene rings is 1. The van der Waals surface area contributed by atoms with Gasteiger partial charge in [0.25, 0.3) is 0 Å². The van der Waals surface area contributed by atoms with Gasteiger partial charge in [0.05, 0.1) is 30.1 Å². The number of rotatable bonds is 2. The lowest BCUT2D eigenvalue weighted by Gasteiger charge is -2.39. The van der Waals surface area contributed by atoms with Crippen molar-refractivity contribution in [2.75, 3.05) is 7.11 Å². The minimum absolute atomic E-state index is 0.0429. The Morgan fingerprint density at radius 2 is 1.83 bits per heavy atom. The summed E-state index contributed by atoms with van der Waals surface area (Å²) < 4.78 is 5.27. The van der Waals surface area contributed by atoms with Gasteiger partial charge in [0.15, 0.2) is 17.3 Å². The molecule has 1 aromatic carbocycles. The molecule has 0 amide bonds. The Morgan fingerprint density at radius 3 is 2.45 bits per heavy atom. The highest BCUT2D eigenvalue weighted by Crippen LogP contribution is 2.52. The molecule has 0 bridgehead atoms. The third kappa shape index (κ3) is 2.50. The SMILES string of the molecule is COC1=CC=CC2C(=O)c3c(O)c4c(c(O)c3C(=O)C12)C(C)CC(O)(C(C)=O)C4. The molecule has 4 atom stereocenters. The predicted molar refractivity (Wildman–Crippen MR) is 102 cm³/mol. The van der Waals surface area contributed by atoms with Gasteiger partial charge < -0.3 is 20.1 Å². The number of ketones is 3. The van der Waals surface area contributed by atoms with Crippen molar-refractivity contribution in [2.45, 2.75) is 38.2 Å². The van der Waals surface area contributed by atoms with Crippen molar-refractivity contribution in [3.8, 4) is 11.5 Å². The third-order valence-electron chi connectivity index (χ3n) is 6.41. The summed E-state index contributed by atoms with van der Waals surface area (Å²) in [5.74, 6) is -4.23. The molecule has 0 heterocycles. The molecule has 3 aliphatic rings. The maximum absolute atomic E-state index is 13.3. The fraction of sp³-hybridized carbons (Fsp3) is 0.409. The standard InChI is InChI=1S/C22H22O7/c1-9-7-22(28,10(2)23)8-12-14(9)20(26)17-16(19(12)25)18(24)11-5-4-6-13(29-3)15(11)21(17)27/h4-6,9,11,15,25-26,28H,7-8H2,1-3H3. The average molecular weight is 398 g/mol. The van der Waals surface area contributed by atoms with Crippen LogP contribution in [0.2, 0.25) is 0 Å². The Labute approximate surface area is 167 Å². The summed E-state index contributed by atoms with van der Waals surface area (Å²) in [4.78, 5) is 38.5. The van der Waals surface area contributed by atoms with Crippen LogP contribution >= 0.6 is 0 Å². The smallest absolute Gasteiger partial charge is 0.179 e. The largest absolute Gasteiger partial charge is 0.507 e. The van der Waals surface area contributed by atoms with Crippen LogP contribution in [0.25, 0.3) is 0 Å². The van der Waals surface area contributed by atoms with Crippen molar-refractivity contribution >= 4 is 17.3 Å². The zero-order valence-corrected chi connectivity index (χ0v) is 16.4. The molecule has 29 heavy (non-hydrogen) atoms. The number of methoxy groups -OCH3 is 1. The van der Waals surface area contributed by atoms with Crippen LogP contribution in [0.1, 0.15) is 58.0 Å². The Hall–Kier alpha value is -2.93. The molecule has 0 radical (unpaired) electrons. The van der Waals surface area contributed by atoms with Gasteiger partial charge >= 0.3 is 0 Å². The van der Waals surface area contributed by atoms with Gasteiger partial charge in [-0.05, 0) is 25.3 Å². The number of carbonyl (C=O) groups excluding carboxylic acids is 3. The first kappa shape index (κ1) is 19.4. The fourth-order valence-electron chi connectivity index (χ4n) is 4.93. The van der Waals surface area contributed by atoms with Crippen LogP contribution in [0.15, 0.2) is 24.0 Å². The number of aliphatic hydroxyl groups is 1. The molecule has 3 N–H and O–H groups in total. The van der Waals surface area contributed by atoms with E-state index < -0.39 is 46.5 Å². The van der Waals surface area contributed by atoms with Crippen LogP contribution < -0.4 is 0 Å². The van der Waals surface area contributed by atoms with E-state index in [2.05, 4.69) is 0 Å². The topological polar surface area (TPSA) is 121 Å². The van der Waals surface area contributed by atoms with E-state index in [1.165, 1.54) is 14.0 Å². The number of carbonyl (C=O) groups is 3. The molecule has 0 aliphatic heterocycles. The number of allylic oxidation sites excluding steroid dienone is 4. The van der Waals surface area contributed by atoms with Gasteiger partial charge in [-0.1, -0.05) is 19.1 Å². The van der Waals surface area contributed by atoms with E-state index in [1.54, 1.807) is 25.2 Å². The van der Waals surface area contributed by atoms with Crippen LogP contribution in [0, 0.1) is 11.8 Å². The highest BCUT2D eigenvalue weighted by atomic mass is 16.5. The molecule has 3 aliphatic carbocycles. The van der Waals surface area contributed by atoms with Gasteiger partial charge in [-0.25, -0.2) is 0 Å². The van der Waals surface area contributed by atoms with Crippen molar-refractivity contribution < 1.29 is 34.4 Å². The summed E-state index contributed by atoms with van der Waals surface area (Å²) >= 11 is 0. The van der Waals surface area contributed by atoms with Gasteiger partial charge in [-0.3, -0.25) is 14.4 Å². The van der Waals surface area contributed by atoms with Crippen LogP contribution in [0.5, 0.6) is 11.5 Å². The molecule has 0 spiro atoms. The molecule has 1 aromatic rings. The van der Waals surface area contributed by atoms with Crippen molar-refractivity contribution in [3.05, 3.63) is 46.2 Å². The molecule has 152 valence electrons. The van der Waals surface area contributed by atoms with Crippen LogP contribution in [-0.4, -0.2) is 45.4 Å². The molecule has 4 rings (SSSR count). The quantitative estimate of drug-likeness (QED) is 0.653. The lowest BCUT2D eigenvalue weighted by Crippen LogP contribution is -2.44. The summed E-state index contributed by atoms with van der Waals surface area (Å²) in [6.45, 7) is 2.96. The Bertz CT molecular complexity index is 1030. The Balaban J connectivity index is 1.98. The summed E-state index contributed by atoms with van der Waals surface area (Å²) in [5.41, 5.74) is -1.74. The number of hydrogen-bond donors (Lipinski definition) is 3. The number of hydrogen-bond acceptors (Lipinski definition) is 7. The molecule has 7 heteroatoms. The lowest BCUT2D eigenvalue weighted by atomic mass is 9.66. The van der Waals surface area contributed by atoms with Crippen LogP contribution in [0.3, 0.4) is 0 Å². The lowest BCUT2D eigenvalue weighted by molar-refractivity contribution is -0.136. The van der Waals surface area contributed by atoms with E-state index >= 15 is 0 Å². The molecular formula is C22H22O7. The van der Waals surface area contributed by atoms with Crippen molar-refractivity contribution in [1.29, 1.82) is 0 Å². The number of Topliss-reactive ketones (excluding diaryl/α,β-unsaturated/α-hetero) is 3. The molecular weight excluding hydrogens is 376 g/mol. The normalized spacial score (nSPS) is 30.2. The van der Waals surface area contributed by atoms with Crippen molar-refractivity contribution in [1.82, 2.24) is 0 Å². The Morgan fingerprint density at radius 1 is 1.17 bits per heavy atom. The van der Waals surface area contributed by atoms with Gasteiger partial charge in [-0.2, -0.15) is 0 Å². The maximum atomic E-state index is 13.3. The second-order valence-electron chi connectivity index (χ2n) is 8.10. The van der Waals surface area contributed by atoms with E-state index in [-0.39, 0.29) is 35.3 Å². The number of aromatic hydroxyl groups is 2. The number of fused-ring (bicyclic) bond motifs is 3. The van der Waals surface area contributed by atoms with Crippen LogP contribution in [0.4, 0.5) is 0 Å². The zero-order valence-electron chi connectivity index (χ0n) is 16.4. The second kappa shape index (κ2) is 6.29. The second-order valence-corrected chi connectivity index (χ2v) is 8.10. The van der Waals surface area contributed by atoms with Gasteiger partial charge in [0.2, 0.25) is 0 Å². The number of phenolic OH excluding ortho intramolecular Hbond substituents is 2. The molecule has 0 saturated heterocycles. The predicted octanol–water partition coefficient (Wildman–Crippen LogP) is 2.18. The van der Waals surface area contributed by atoms with Gasteiger partial charge in [0.1, 0.15) is 22.9 Å². The highest BCUT2D eigenvalue weighted by Gasteiger charge is 2.50. The van der Waals surface area contributed by atoms with Crippen molar-refractivity contribution in [2.24, 2.45) is 11.8 Å². The average Bonchev–Trinajstić information content (AvgIpc) is 2.67. The summed E-state index contributed by atoms with van der Waals surface area (Å²) in [7, 11) is 1.41. The molecule has 0 aromatic heterocycles. The number of phenols is 2. The van der Waals surface area contributed by atoms with Gasteiger partial charge in [-0.15, -0.1) is 0 Å². The minimum atomic E-state index is -1.70. The maximum Gasteiger partial charge on any atom is 0.179 e. The first-order valence-electron chi connectivity index (χ1n) is 9.47. The summed E-state index contributed by atoms with van der Waals surface area (Å²) in [6, 6.07) is 0. The zero-order chi connectivity index (χ0) is 21.2. The monoisotopic (exact) mass is 398 g/mol. The third-order valence-corrected chi connectivity index (χ3v) is 6.41. The highest BCUT2D eigenvalue weighted by molar-refractivity contribution is 6.20. The number of ether oxygens (including phenoxy) is 1. The molecule has 4 unspecified atom stereocenters. The first-order valence-corrected chi connectivity index (χ1v) is 9.47. The van der Waals surface area contributed by atoms with Crippen molar-refractivity contribution in [3.63, 3.8) is 0 Å². The van der Waals surface area contributed by atoms with Crippen LogP contribution in [-0.2, 0) is 16.0 Å². The fourth-order valence-corrected chi connectivity index (χ4v) is 4.93. The van der Waals surface area contributed by atoms with E-state index in [0.717, 1.165) is 0 Å². The Kier molecular flexibility index (Phi) is 4.20. The molecule has 7 nitrogen and oxygen atoms in total. The summed E-state index contributed by atoms with van der Waals surface area (Å²) in [5, 5.41) is 32.7. The van der Waals surface area contributed by atoms with E-state index in [0.29, 0.717) is 11.3 Å². The van der Waals surface area contributed by atoms with E-state index in [4.69, 9.17) is 4.74 Å².